The van der Waals surface area contributed by atoms with Gasteiger partial charge in [-0.15, -0.1) is 0 Å². The van der Waals surface area contributed by atoms with Crippen LogP contribution in [0.1, 0.15) is 11.1 Å². The molecule has 0 aliphatic carbocycles. The van der Waals surface area contributed by atoms with Crippen LogP contribution in [0.5, 0.6) is 0 Å². The van der Waals surface area contributed by atoms with Crippen molar-refractivity contribution in [3.63, 3.8) is 0 Å². The normalized spacial score (nSPS) is 10.2. The molecule has 2 rings (SSSR count). The highest BCUT2D eigenvalue weighted by atomic mass is 32.1. The number of aromatic nitrogens is 2. The molecule has 5 nitrogen and oxygen atoms in total. The van der Waals surface area contributed by atoms with Crippen molar-refractivity contribution >= 4 is 28.9 Å². The average Bonchev–Trinajstić information content (AvgIpc) is 2.80. The molecule has 4 N–H and O–H groups in total. The van der Waals surface area contributed by atoms with Crippen LogP contribution in [0, 0.1) is 5.82 Å². The molecule has 0 aliphatic rings. The SMILES string of the molecule is NC(=S)c1cn[nH]c1NC(=O)Cc1ccc(F)cc1. The number of carbonyl (C=O) groups is 1. The summed E-state index contributed by atoms with van der Waals surface area (Å²) in [6.45, 7) is 0. The van der Waals surface area contributed by atoms with E-state index in [0.717, 1.165) is 0 Å². The Balaban J connectivity index is 2.03. The second kappa shape index (κ2) is 5.57. The second-order valence-electron chi connectivity index (χ2n) is 3.87. The summed E-state index contributed by atoms with van der Waals surface area (Å²) in [6.07, 6.45) is 1.56. The first-order valence-corrected chi connectivity index (χ1v) is 5.84. The van der Waals surface area contributed by atoms with Gasteiger partial charge in [0.15, 0.2) is 0 Å². The molecule has 1 amide bonds. The van der Waals surface area contributed by atoms with Gasteiger partial charge in [-0.05, 0) is 17.7 Å². The largest absolute Gasteiger partial charge is 0.389 e. The number of amides is 1. The van der Waals surface area contributed by atoms with Crippen LogP contribution in [0.25, 0.3) is 0 Å². The topological polar surface area (TPSA) is 83.8 Å². The van der Waals surface area contributed by atoms with Crippen LogP contribution in [-0.2, 0) is 11.2 Å². The molecule has 98 valence electrons. The van der Waals surface area contributed by atoms with E-state index in [2.05, 4.69) is 15.5 Å². The Morgan fingerprint density at radius 1 is 1.42 bits per heavy atom. The lowest BCUT2D eigenvalue weighted by atomic mass is 10.1. The van der Waals surface area contributed by atoms with Gasteiger partial charge in [0.05, 0.1) is 18.2 Å². The highest BCUT2D eigenvalue weighted by molar-refractivity contribution is 7.80. The number of nitrogens with two attached hydrogens (primary N) is 1. The van der Waals surface area contributed by atoms with E-state index in [9.17, 15) is 9.18 Å². The van der Waals surface area contributed by atoms with Gasteiger partial charge >= 0.3 is 0 Å². The van der Waals surface area contributed by atoms with Gasteiger partial charge in [-0.25, -0.2) is 4.39 Å². The van der Waals surface area contributed by atoms with Gasteiger partial charge in [0, 0.05) is 0 Å². The van der Waals surface area contributed by atoms with Crippen LogP contribution >= 0.6 is 12.2 Å². The number of nitrogens with zero attached hydrogens (tertiary/aromatic N) is 1. The molecule has 19 heavy (non-hydrogen) atoms. The lowest BCUT2D eigenvalue weighted by molar-refractivity contribution is -0.115. The molecule has 0 spiro atoms. The number of hydrogen-bond acceptors (Lipinski definition) is 3. The van der Waals surface area contributed by atoms with E-state index in [-0.39, 0.29) is 23.1 Å². The molecule has 0 unspecified atom stereocenters. The smallest absolute Gasteiger partial charge is 0.229 e. The van der Waals surface area contributed by atoms with E-state index in [4.69, 9.17) is 18.0 Å². The predicted molar refractivity (Wildman–Crippen MR) is 73.2 cm³/mol. The summed E-state index contributed by atoms with van der Waals surface area (Å²) in [6, 6.07) is 5.71. The quantitative estimate of drug-likeness (QED) is 0.737. The Morgan fingerprint density at radius 2 is 2.11 bits per heavy atom. The summed E-state index contributed by atoms with van der Waals surface area (Å²) in [4.78, 5) is 11.9. The van der Waals surface area contributed by atoms with E-state index >= 15 is 0 Å². The first-order chi connectivity index (χ1) is 9.06. The average molecular weight is 278 g/mol. The molecular weight excluding hydrogens is 267 g/mol. The minimum atomic E-state index is -0.339. The minimum Gasteiger partial charge on any atom is -0.389 e. The highest BCUT2D eigenvalue weighted by Crippen LogP contribution is 2.11. The van der Waals surface area contributed by atoms with Gasteiger partial charge in [-0.2, -0.15) is 5.10 Å². The van der Waals surface area contributed by atoms with E-state index in [1.165, 1.54) is 18.3 Å². The monoisotopic (exact) mass is 278 g/mol. The van der Waals surface area contributed by atoms with E-state index in [0.29, 0.717) is 16.9 Å². The van der Waals surface area contributed by atoms with Crippen LogP contribution in [0.2, 0.25) is 0 Å². The minimum absolute atomic E-state index is 0.121. The van der Waals surface area contributed by atoms with Crippen molar-refractivity contribution < 1.29 is 9.18 Å². The number of aromatic amines is 1. The van der Waals surface area contributed by atoms with Crippen molar-refractivity contribution in [3.8, 4) is 0 Å². The summed E-state index contributed by atoms with van der Waals surface area (Å²) in [5, 5.41) is 8.98. The van der Waals surface area contributed by atoms with Crippen LogP contribution < -0.4 is 11.1 Å². The number of rotatable bonds is 4. The maximum Gasteiger partial charge on any atom is 0.229 e. The second-order valence-corrected chi connectivity index (χ2v) is 4.31. The molecule has 0 aliphatic heterocycles. The lowest BCUT2D eigenvalue weighted by Gasteiger charge is -2.05. The van der Waals surface area contributed by atoms with Gasteiger partial charge in [-0.3, -0.25) is 9.89 Å². The molecule has 7 heteroatoms. The molecule has 0 saturated heterocycles. The Bertz CT molecular complexity index is 608. The summed E-state index contributed by atoms with van der Waals surface area (Å²) in [5.74, 6) is -0.249. The third kappa shape index (κ3) is 3.35. The first kappa shape index (κ1) is 13.2. The number of nitrogens with one attached hydrogen (secondary N) is 2. The van der Waals surface area contributed by atoms with Crippen LogP contribution in [0.4, 0.5) is 10.2 Å². The standard InChI is InChI=1S/C12H11FN4OS/c13-8-3-1-7(2-4-8)5-10(18)16-12-9(11(14)19)6-15-17-12/h1-4,6H,5H2,(H2,14,19)(H2,15,16,17,18). The van der Waals surface area contributed by atoms with Gasteiger partial charge in [0.1, 0.15) is 16.6 Å². The van der Waals surface area contributed by atoms with Crippen molar-refractivity contribution in [1.82, 2.24) is 10.2 Å². The van der Waals surface area contributed by atoms with Gasteiger partial charge in [-0.1, -0.05) is 24.4 Å². The zero-order valence-electron chi connectivity index (χ0n) is 9.81. The predicted octanol–water partition coefficient (Wildman–Crippen LogP) is 1.36. The molecule has 0 bridgehead atoms. The van der Waals surface area contributed by atoms with Crippen molar-refractivity contribution in [2.75, 3.05) is 5.32 Å². The van der Waals surface area contributed by atoms with Crippen molar-refractivity contribution in [3.05, 3.63) is 47.4 Å². The third-order valence-corrected chi connectivity index (χ3v) is 2.67. The van der Waals surface area contributed by atoms with Gasteiger partial charge in [0.2, 0.25) is 5.91 Å². The summed E-state index contributed by atoms with van der Waals surface area (Å²) >= 11 is 4.82. The number of halogens is 1. The first-order valence-electron chi connectivity index (χ1n) is 5.43. The van der Waals surface area contributed by atoms with Crippen LogP contribution in [0.3, 0.4) is 0 Å². The summed E-state index contributed by atoms with van der Waals surface area (Å²) in [5.41, 5.74) is 6.66. The summed E-state index contributed by atoms with van der Waals surface area (Å²) < 4.78 is 12.7. The van der Waals surface area contributed by atoms with Crippen molar-refractivity contribution in [1.29, 1.82) is 0 Å². The fourth-order valence-corrected chi connectivity index (χ4v) is 1.69. The molecule has 1 aromatic carbocycles. The Labute approximate surface area is 114 Å². The van der Waals surface area contributed by atoms with Crippen LogP contribution in [0.15, 0.2) is 30.5 Å². The molecule has 0 saturated carbocycles. The maximum atomic E-state index is 12.7. The highest BCUT2D eigenvalue weighted by Gasteiger charge is 2.11. The maximum absolute atomic E-state index is 12.7. The third-order valence-electron chi connectivity index (χ3n) is 2.45. The van der Waals surface area contributed by atoms with E-state index in [1.807, 2.05) is 0 Å². The molecule has 0 fully saturated rings. The van der Waals surface area contributed by atoms with Crippen molar-refractivity contribution in [2.24, 2.45) is 5.73 Å². The fourth-order valence-electron chi connectivity index (χ4n) is 1.54. The van der Waals surface area contributed by atoms with Gasteiger partial charge in [0.25, 0.3) is 0 Å². The zero-order chi connectivity index (χ0) is 13.8. The van der Waals surface area contributed by atoms with E-state index < -0.39 is 0 Å². The number of anilines is 1. The number of hydrogen-bond donors (Lipinski definition) is 3. The Kier molecular flexibility index (Phi) is 3.86. The zero-order valence-corrected chi connectivity index (χ0v) is 10.6. The molecule has 0 radical (unpaired) electrons. The van der Waals surface area contributed by atoms with Crippen molar-refractivity contribution in [2.45, 2.75) is 6.42 Å². The van der Waals surface area contributed by atoms with Gasteiger partial charge < -0.3 is 11.1 Å². The number of thiocarbonyl (C=S) groups is 1. The Morgan fingerprint density at radius 3 is 2.74 bits per heavy atom. The Hall–Kier alpha value is -2.28. The van der Waals surface area contributed by atoms with E-state index in [1.54, 1.807) is 12.1 Å². The number of carbonyl (C=O) groups excluding carboxylic acids is 1. The molecule has 1 aromatic heterocycles. The summed E-state index contributed by atoms with van der Waals surface area (Å²) in [7, 11) is 0. The molecule has 1 heterocycles. The fraction of sp³-hybridized carbons (Fsp3) is 0.0833. The molecule has 0 atom stereocenters. The molecule has 2 aromatic rings. The molecular formula is C12H11FN4OS. The van der Waals surface area contributed by atoms with Crippen LogP contribution in [-0.4, -0.2) is 21.1 Å². The number of benzene rings is 1. The lowest BCUT2D eigenvalue weighted by Crippen LogP contribution is -2.18. The number of H-pyrrole nitrogens is 1.